The Morgan fingerprint density at radius 3 is 0.600 bits per heavy atom. The second-order valence-corrected chi connectivity index (χ2v) is 28.0. The molecule has 8 nitrogen and oxygen atoms in total. The Morgan fingerprint density at radius 2 is 0.438 bits per heavy atom. The lowest BCUT2D eigenvalue weighted by Gasteiger charge is -2.48. The van der Waals surface area contributed by atoms with Crippen LogP contribution in [0, 0.1) is 0 Å². The van der Waals surface area contributed by atoms with Crippen molar-refractivity contribution in [1.29, 1.82) is 0 Å². The van der Waals surface area contributed by atoms with Gasteiger partial charge in [0.05, 0.1) is 44.8 Å². The van der Waals surface area contributed by atoms with Gasteiger partial charge in [0.1, 0.15) is 10.8 Å². The van der Waals surface area contributed by atoms with E-state index in [1.165, 1.54) is 24.3 Å². The number of halogens is 6. The fourth-order valence-electron chi connectivity index (χ4n) is 13.1. The van der Waals surface area contributed by atoms with Gasteiger partial charge in [-0.2, -0.15) is 26.3 Å². The highest BCUT2D eigenvalue weighted by atomic mass is 19.4. The molecule has 4 fully saturated rings. The predicted molar refractivity (Wildman–Crippen MR) is 305 cm³/mol. The summed E-state index contributed by atoms with van der Waals surface area (Å²) in [6.07, 6.45) is -10.2. The van der Waals surface area contributed by atoms with Crippen molar-refractivity contribution in [2.45, 2.75) is 193 Å². The van der Waals surface area contributed by atoms with Gasteiger partial charge in [-0.25, -0.2) is 0 Å². The zero-order chi connectivity index (χ0) is 58.0. The van der Waals surface area contributed by atoms with Gasteiger partial charge in [-0.05, 0) is 259 Å². The third-order valence-corrected chi connectivity index (χ3v) is 21.1. The van der Waals surface area contributed by atoms with Crippen LogP contribution >= 0.6 is 0 Å². The predicted octanol–water partition coefficient (Wildman–Crippen LogP) is 12.5. The minimum Gasteiger partial charge on any atom is -0.399 e. The van der Waals surface area contributed by atoms with Crippen LogP contribution in [0.5, 0.6) is 0 Å². The lowest BCUT2D eigenvalue weighted by Crippen LogP contribution is -2.53. The Bertz CT molecular complexity index is 3250. The zero-order valence-electron chi connectivity index (χ0n) is 48.8. The van der Waals surface area contributed by atoms with Crippen LogP contribution in [0.2, 0.25) is 0 Å². The maximum atomic E-state index is 17.0. The molecule has 416 valence electrons. The standard InChI is InChI=1S/C62H66B4F6O8/c1-51(2)52(3,4)74-63(73-51)33-19-31-20-34(64-75-53(5,6)54(7,8)76-64)24-42-38-28-46-45(27-37(38)41(23-33)49(31)42)59(17,61(67,68)69)47-29-39-40(30-48(47)60(46,18)62(70,71)72)44-26-36(66-79-57(13,14)58(15,16)80-66)22-32-21-35(25-43(39)50(32)44)65-77-55(9,10)56(11,12)78-65/h19-30H,1-18H3. The van der Waals surface area contributed by atoms with Crippen LogP contribution in [-0.4, -0.2) is 85.6 Å². The van der Waals surface area contributed by atoms with Gasteiger partial charge in [-0.15, -0.1) is 0 Å². The van der Waals surface area contributed by atoms with Gasteiger partial charge in [0.2, 0.25) is 0 Å². The second kappa shape index (κ2) is 15.8. The molecule has 6 aromatic rings. The quantitative estimate of drug-likeness (QED) is 0.127. The van der Waals surface area contributed by atoms with Crippen LogP contribution in [0.15, 0.2) is 72.8 Å². The van der Waals surface area contributed by atoms with E-state index < -0.39 is 119 Å². The number of alkyl halides is 6. The zero-order valence-corrected chi connectivity index (χ0v) is 48.8. The van der Waals surface area contributed by atoms with E-state index in [4.69, 9.17) is 37.2 Å². The largest absolute Gasteiger partial charge is 0.494 e. The van der Waals surface area contributed by atoms with E-state index in [9.17, 15) is 0 Å². The van der Waals surface area contributed by atoms with Gasteiger partial charge in [0.25, 0.3) is 0 Å². The molecular weight excluding hydrogens is 1030 g/mol. The monoisotopic (exact) mass is 1100 g/mol. The van der Waals surface area contributed by atoms with E-state index in [0.717, 1.165) is 13.8 Å². The fraction of sp³-hybridized carbons (Fsp3) is 0.484. The fourth-order valence-corrected chi connectivity index (χ4v) is 13.1. The minimum atomic E-state index is -5.11. The molecule has 0 unspecified atom stereocenters. The van der Waals surface area contributed by atoms with E-state index >= 15 is 26.3 Å². The highest BCUT2D eigenvalue weighted by molar-refractivity contribution is 6.65. The average molecular weight is 1100 g/mol. The summed E-state index contributed by atoms with van der Waals surface area (Å²) in [6.45, 7) is 33.0. The molecule has 80 heavy (non-hydrogen) atoms. The van der Waals surface area contributed by atoms with Gasteiger partial charge in [0.15, 0.2) is 0 Å². The van der Waals surface area contributed by atoms with Gasteiger partial charge in [0, 0.05) is 0 Å². The number of benzene rings is 6. The molecule has 18 heteroatoms. The smallest absolute Gasteiger partial charge is 0.399 e. The van der Waals surface area contributed by atoms with E-state index in [2.05, 4.69) is 0 Å². The molecular formula is C62H66B4F6O8. The topological polar surface area (TPSA) is 73.8 Å². The lowest BCUT2D eigenvalue weighted by molar-refractivity contribution is -0.188. The molecule has 0 atom stereocenters. The number of hydrogen-bond donors (Lipinski definition) is 0. The SMILES string of the molecule is CC1(C)OB(c2cc3c4c(cc(B5OC(C)(C)C(C)(C)O5)cc4c2)-c2cc4c(cc2-3)C(C)(C(F)(F)F)c2cc3c(cc2C4(C)C(F)(F)F)-c2cc(B4OC(C)(C)C(C)(C)O4)cc4cc(B5OC(C)(C)C(C)(C)O5)cc-3c24)OC1(C)C. The molecule has 4 aliphatic heterocycles. The van der Waals surface area contributed by atoms with E-state index in [-0.39, 0.29) is 0 Å². The van der Waals surface area contributed by atoms with Crippen molar-refractivity contribution in [3.05, 3.63) is 95.1 Å². The van der Waals surface area contributed by atoms with Crippen molar-refractivity contribution in [1.82, 2.24) is 0 Å². The molecule has 6 aromatic carbocycles. The van der Waals surface area contributed by atoms with Crippen molar-refractivity contribution in [2.24, 2.45) is 0 Å². The van der Waals surface area contributed by atoms with Crippen LogP contribution in [0.4, 0.5) is 26.3 Å². The summed E-state index contributed by atoms with van der Waals surface area (Å²) in [7, 11) is -3.50. The van der Waals surface area contributed by atoms with Crippen molar-refractivity contribution in [3.63, 3.8) is 0 Å². The molecule has 0 bridgehead atoms. The Morgan fingerprint density at radius 1 is 0.263 bits per heavy atom. The van der Waals surface area contributed by atoms with E-state index in [0.29, 0.717) is 87.9 Å². The van der Waals surface area contributed by atoms with Crippen LogP contribution in [-0.2, 0) is 48.1 Å². The molecule has 0 amide bonds. The molecule has 4 saturated heterocycles. The van der Waals surface area contributed by atoms with Gasteiger partial charge in [-0.3, -0.25) is 0 Å². The maximum Gasteiger partial charge on any atom is 0.494 e. The van der Waals surface area contributed by atoms with Crippen molar-refractivity contribution in [3.8, 4) is 44.5 Å². The van der Waals surface area contributed by atoms with Crippen molar-refractivity contribution >= 4 is 71.9 Å². The third-order valence-electron chi connectivity index (χ3n) is 21.1. The first kappa shape index (κ1) is 54.6. The van der Waals surface area contributed by atoms with E-state index in [1.54, 1.807) is 0 Å². The normalized spacial score (nSPS) is 26.4. The first-order valence-electron chi connectivity index (χ1n) is 27.7. The number of rotatable bonds is 4. The van der Waals surface area contributed by atoms with E-state index in [1.807, 2.05) is 159 Å². The van der Waals surface area contributed by atoms with Crippen LogP contribution < -0.4 is 21.9 Å². The molecule has 0 N–H and O–H groups in total. The number of hydrogen-bond acceptors (Lipinski definition) is 8. The van der Waals surface area contributed by atoms with Gasteiger partial charge >= 0.3 is 40.8 Å². The Kier molecular flexibility index (Phi) is 10.8. The summed E-state index contributed by atoms with van der Waals surface area (Å²) in [4.78, 5) is 0. The minimum absolute atomic E-state index is 0.359. The average Bonchev–Trinajstić information content (AvgIpc) is 2.53. The maximum absolute atomic E-state index is 17.0. The summed E-state index contributed by atoms with van der Waals surface area (Å²) < 4.78 is 155. The molecule has 0 spiro atoms. The molecule has 13 rings (SSSR count). The number of fused-ring (bicyclic) bond motifs is 8. The van der Waals surface area contributed by atoms with Crippen LogP contribution in [0.3, 0.4) is 0 Å². The second-order valence-electron chi connectivity index (χ2n) is 28.0. The molecule has 3 aliphatic carbocycles. The first-order valence-corrected chi connectivity index (χ1v) is 27.7. The Labute approximate surface area is 465 Å². The highest BCUT2D eigenvalue weighted by Crippen LogP contribution is 2.65. The highest BCUT2D eigenvalue weighted by Gasteiger charge is 2.67. The third kappa shape index (κ3) is 7.05. The van der Waals surface area contributed by atoms with Crippen LogP contribution in [0.25, 0.3) is 66.1 Å². The summed E-state index contributed by atoms with van der Waals surface area (Å²) in [5.41, 5.74) is -7.74. The summed E-state index contributed by atoms with van der Waals surface area (Å²) in [6, 6.07) is 20.6. The molecule has 4 heterocycles. The molecule has 0 aromatic heterocycles. The summed E-state index contributed by atoms with van der Waals surface area (Å²) >= 11 is 0. The summed E-state index contributed by atoms with van der Waals surface area (Å²) in [5, 5.41) is 2.69. The summed E-state index contributed by atoms with van der Waals surface area (Å²) in [5.74, 6) is 0. The van der Waals surface area contributed by atoms with Gasteiger partial charge in [-0.1, -0.05) is 48.5 Å². The van der Waals surface area contributed by atoms with Crippen molar-refractivity contribution < 1.29 is 63.6 Å². The molecule has 0 saturated carbocycles. The Balaban J connectivity index is 1.06. The molecule has 7 aliphatic rings. The Hall–Kier alpha value is -4.64. The van der Waals surface area contributed by atoms with Crippen LogP contribution in [0.1, 0.15) is 147 Å². The molecule has 0 radical (unpaired) electrons. The van der Waals surface area contributed by atoms with Crippen molar-refractivity contribution in [2.75, 3.05) is 0 Å². The van der Waals surface area contributed by atoms with Gasteiger partial charge < -0.3 is 37.2 Å². The first-order chi connectivity index (χ1) is 36.5. The lowest BCUT2D eigenvalue weighted by atomic mass is 9.57.